The number of ether oxygens (including phenoxy) is 2. The van der Waals surface area contributed by atoms with Gasteiger partial charge in [0.1, 0.15) is 6.07 Å². The van der Waals surface area contributed by atoms with E-state index in [1.807, 2.05) is 13.8 Å². The molecule has 0 fully saturated rings. The highest BCUT2D eigenvalue weighted by molar-refractivity contribution is 9.10. The summed E-state index contributed by atoms with van der Waals surface area (Å²) in [6, 6.07) is 5.55. The van der Waals surface area contributed by atoms with E-state index in [2.05, 4.69) is 22.0 Å². The Hall–Kier alpha value is -1.25. The van der Waals surface area contributed by atoms with Crippen LogP contribution in [0.2, 0.25) is 0 Å². The zero-order chi connectivity index (χ0) is 13.5. The number of rotatable bonds is 6. The molecule has 0 aliphatic rings. The minimum absolute atomic E-state index is 0.0750. The monoisotopic (exact) mass is 313 g/mol. The van der Waals surface area contributed by atoms with Crippen LogP contribution in [0.1, 0.15) is 25.8 Å². The van der Waals surface area contributed by atoms with Crippen LogP contribution in [0.4, 0.5) is 0 Å². The van der Waals surface area contributed by atoms with E-state index in [1.165, 1.54) is 0 Å². The number of nitriles is 1. The average Bonchev–Trinajstić information content (AvgIpc) is 2.38. The lowest BCUT2D eigenvalue weighted by Gasteiger charge is -2.17. The van der Waals surface area contributed by atoms with Gasteiger partial charge in [-0.3, -0.25) is 0 Å². The molecule has 5 heteroatoms. The minimum atomic E-state index is -0.513. The fourth-order valence-corrected chi connectivity index (χ4v) is 2.02. The molecule has 0 saturated carbocycles. The molecule has 1 N–H and O–H groups in total. The Morgan fingerprint density at radius 3 is 2.67 bits per heavy atom. The second kappa shape index (κ2) is 7.24. The Balaban J connectivity index is 3.11. The number of nitrogens with zero attached hydrogens (tertiary/aromatic N) is 1. The van der Waals surface area contributed by atoms with Gasteiger partial charge in [0.05, 0.1) is 17.7 Å². The van der Waals surface area contributed by atoms with Crippen molar-refractivity contribution in [3.8, 4) is 17.6 Å². The smallest absolute Gasteiger partial charge is 0.184 e. The summed E-state index contributed by atoms with van der Waals surface area (Å²) >= 11 is 3.37. The Morgan fingerprint density at radius 1 is 1.44 bits per heavy atom. The van der Waals surface area contributed by atoms with Gasteiger partial charge in [-0.25, -0.2) is 0 Å². The average molecular weight is 314 g/mol. The third-order valence-electron chi connectivity index (χ3n) is 2.33. The summed E-state index contributed by atoms with van der Waals surface area (Å²) in [5, 5.41) is 18.1. The maximum atomic E-state index is 9.15. The fraction of sp³-hybridized carbons (Fsp3) is 0.462. The molecule has 1 aromatic rings. The van der Waals surface area contributed by atoms with Gasteiger partial charge in [-0.1, -0.05) is 6.92 Å². The normalized spacial score (nSPS) is 11.7. The number of hydrogen-bond donors (Lipinski definition) is 1. The number of aliphatic hydroxyl groups is 1. The molecular weight excluding hydrogens is 298 g/mol. The van der Waals surface area contributed by atoms with Gasteiger partial charge < -0.3 is 14.6 Å². The van der Waals surface area contributed by atoms with Crippen molar-refractivity contribution >= 4 is 15.9 Å². The zero-order valence-electron chi connectivity index (χ0n) is 10.4. The van der Waals surface area contributed by atoms with Gasteiger partial charge in [-0.2, -0.15) is 5.26 Å². The summed E-state index contributed by atoms with van der Waals surface area (Å²) in [5.74, 6) is 1.03. The first-order valence-electron chi connectivity index (χ1n) is 5.78. The molecule has 1 rings (SSSR count). The number of aliphatic hydroxyl groups excluding tert-OH is 1. The zero-order valence-corrected chi connectivity index (χ0v) is 12.0. The van der Waals surface area contributed by atoms with E-state index in [1.54, 1.807) is 12.1 Å². The molecule has 0 aromatic heterocycles. The van der Waals surface area contributed by atoms with Crippen LogP contribution in [-0.2, 0) is 6.61 Å². The van der Waals surface area contributed by atoms with Gasteiger partial charge in [0.2, 0.25) is 0 Å². The molecule has 0 bridgehead atoms. The van der Waals surface area contributed by atoms with Crippen molar-refractivity contribution in [3.05, 3.63) is 22.2 Å². The fourth-order valence-electron chi connectivity index (χ4n) is 1.43. The minimum Gasteiger partial charge on any atom is -0.490 e. The van der Waals surface area contributed by atoms with Crippen LogP contribution in [-0.4, -0.2) is 17.8 Å². The van der Waals surface area contributed by atoms with Crippen molar-refractivity contribution in [3.63, 3.8) is 0 Å². The highest BCUT2D eigenvalue weighted by Gasteiger charge is 2.16. The van der Waals surface area contributed by atoms with Crippen LogP contribution in [0.3, 0.4) is 0 Å². The summed E-state index contributed by atoms with van der Waals surface area (Å²) in [7, 11) is 0. The molecule has 4 nitrogen and oxygen atoms in total. The molecule has 0 heterocycles. The number of halogens is 1. The Labute approximate surface area is 115 Å². The third kappa shape index (κ3) is 3.62. The second-order valence-electron chi connectivity index (χ2n) is 3.64. The Kier molecular flexibility index (Phi) is 5.96. The van der Waals surface area contributed by atoms with E-state index >= 15 is 0 Å². The second-order valence-corrected chi connectivity index (χ2v) is 4.49. The number of benzene rings is 1. The molecule has 1 aromatic carbocycles. The molecular formula is C13H16BrNO3. The van der Waals surface area contributed by atoms with Crippen LogP contribution in [0.25, 0.3) is 0 Å². The molecule has 0 aliphatic heterocycles. The summed E-state index contributed by atoms with van der Waals surface area (Å²) in [6.45, 7) is 4.16. The lowest BCUT2D eigenvalue weighted by atomic mass is 10.2. The van der Waals surface area contributed by atoms with Crippen molar-refractivity contribution in [1.29, 1.82) is 5.26 Å². The van der Waals surface area contributed by atoms with Gasteiger partial charge in [0.15, 0.2) is 17.6 Å². The lowest BCUT2D eigenvalue weighted by Crippen LogP contribution is -2.13. The van der Waals surface area contributed by atoms with E-state index in [0.717, 1.165) is 5.56 Å². The van der Waals surface area contributed by atoms with Gasteiger partial charge in [0.25, 0.3) is 0 Å². The van der Waals surface area contributed by atoms with Crippen molar-refractivity contribution in [2.24, 2.45) is 0 Å². The number of hydrogen-bond acceptors (Lipinski definition) is 4. The molecule has 1 unspecified atom stereocenters. The van der Waals surface area contributed by atoms with Gasteiger partial charge in [-0.05, 0) is 47.0 Å². The quantitative estimate of drug-likeness (QED) is 0.877. The van der Waals surface area contributed by atoms with E-state index in [0.29, 0.717) is 29.0 Å². The van der Waals surface area contributed by atoms with E-state index in [4.69, 9.17) is 19.8 Å². The largest absolute Gasteiger partial charge is 0.490 e. The summed E-state index contributed by atoms with van der Waals surface area (Å²) in [4.78, 5) is 0. The molecule has 1 atom stereocenters. The Bertz CT molecular complexity index is 443. The lowest BCUT2D eigenvalue weighted by molar-refractivity contribution is 0.229. The van der Waals surface area contributed by atoms with Crippen LogP contribution in [0.15, 0.2) is 16.6 Å². The van der Waals surface area contributed by atoms with Crippen molar-refractivity contribution in [1.82, 2.24) is 0 Å². The topological polar surface area (TPSA) is 62.5 Å². The van der Waals surface area contributed by atoms with Crippen LogP contribution < -0.4 is 9.47 Å². The van der Waals surface area contributed by atoms with Gasteiger partial charge in [-0.15, -0.1) is 0 Å². The van der Waals surface area contributed by atoms with Crippen molar-refractivity contribution in [2.75, 3.05) is 6.61 Å². The first-order chi connectivity index (χ1) is 8.65. The molecule has 0 radical (unpaired) electrons. The highest BCUT2D eigenvalue weighted by atomic mass is 79.9. The van der Waals surface area contributed by atoms with Gasteiger partial charge >= 0.3 is 0 Å². The van der Waals surface area contributed by atoms with Crippen molar-refractivity contribution in [2.45, 2.75) is 33.0 Å². The van der Waals surface area contributed by atoms with E-state index < -0.39 is 6.10 Å². The first kappa shape index (κ1) is 14.8. The predicted octanol–water partition coefficient (Wildman–Crippen LogP) is 3.02. The maximum Gasteiger partial charge on any atom is 0.184 e. The van der Waals surface area contributed by atoms with Crippen LogP contribution in [0, 0.1) is 11.3 Å². The van der Waals surface area contributed by atoms with E-state index in [9.17, 15) is 0 Å². The molecule has 0 amide bonds. The van der Waals surface area contributed by atoms with Gasteiger partial charge in [0, 0.05) is 0 Å². The van der Waals surface area contributed by atoms with Crippen LogP contribution in [0.5, 0.6) is 11.5 Å². The predicted molar refractivity (Wildman–Crippen MR) is 71.6 cm³/mol. The SMILES string of the molecule is CCOc1cc(CO)cc(Br)c1OC(C#N)CC. The highest BCUT2D eigenvalue weighted by Crippen LogP contribution is 2.37. The summed E-state index contributed by atoms with van der Waals surface area (Å²) < 4.78 is 11.8. The summed E-state index contributed by atoms with van der Waals surface area (Å²) in [5.41, 5.74) is 0.725. The molecule has 98 valence electrons. The summed E-state index contributed by atoms with van der Waals surface area (Å²) in [6.07, 6.45) is 0.0801. The Morgan fingerprint density at radius 2 is 2.17 bits per heavy atom. The molecule has 18 heavy (non-hydrogen) atoms. The van der Waals surface area contributed by atoms with E-state index in [-0.39, 0.29) is 6.61 Å². The van der Waals surface area contributed by atoms with Crippen molar-refractivity contribution < 1.29 is 14.6 Å². The molecule has 0 spiro atoms. The molecule has 0 aliphatic carbocycles. The third-order valence-corrected chi connectivity index (χ3v) is 2.92. The standard InChI is InChI=1S/C13H16BrNO3/c1-3-10(7-15)18-13-11(14)5-9(8-16)6-12(13)17-4-2/h5-6,10,16H,3-4,8H2,1-2H3. The van der Waals surface area contributed by atoms with Crippen LogP contribution >= 0.6 is 15.9 Å². The first-order valence-corrected chi connectivity index (χ1v) is 6.57. The molecule has 0 saturated heterocycles. The maximum absolute atomic E-state index is 9.15.